The standard InChI is InChI=1S/C19H20ClN3O4/c20-14-7-4-3-6-13(14)15-9-10-16(27-15)19(26)22-21-17(24)12-23-11-5-1-2-8-18(23)25/h3-4,6-7,9-10H,1-2,5,8,11-12H2,(H,21,24)(H,22,26). The predicted octanol–water partition coefficient (Wildman–Crippen LogP) is 2.76. The lowest BCUT2D eigenvalue weighted by molar-refractivity contribution is -0.135. The van der Waals surface area contributed by atoms with Gasteiger partial charge in [0, 0.05) is 18.5 Å². The Balaban J connectivity index is 1.54. The van der Waals surface area contributed by atoms with Gasteiger partial charge in [0.1, 0.15) is 12.3 Å². The van der Waals surface area contributed by atoms with Crippen molar-refractivity contribution in [3.05, 3.63) is 47.2 Å². The molecule has 8 heteroatoms. The quantitative estimate of drug-likeness (QED) is 0.786. The SMILES string of the molecule is O=C(CN1CCCCCC1=O)NNC(=O)c1ccc(-c2ccccc2Cl)o1. The summed E-state index contributed by atoms with van der Waals surface area (Å²) in [5, 5.41) is 0.509. The number of furan rings is 1. The summed E-state index contributed by atoms with van der Waals surface area (Å²) in [6, 6.07) is 10.2. The topological polar surface area (TPSA) is 91.7 Å². The van der Waals surface area contributed by atoms with Crippen LogP contribution in [0.3, 0.4) is 0 Å². The van der Waals surface area contributed by atoms with Crippen LogP contribution in [-0.4, -0.2) is 35.7 Å². The van der Waals surface area contributed by atoms with Crippen LogP contribution in [0.25, 0.3) is 11.3 Å². The molecule has 2 heterocycles. The maximum absolute atomic E-state index is 12.2. The molecule has 1 aromatic heterocycles. The fourth-order valence-corrected chi connectivity index (χ4v) is 3.10. The van der Waals surface area contributed by atoms with E-state index in [1.165, 1.54) is 11.0 Å². The Labute approximate surface area is 161 Å². The number of carbonyl (C=O) groups is 3. The maximum Gasteiger partial charge on any atom is 0.305 e. The number of likely N-dealkylation sites (tertiary alicyclic amines) is 1. The van der Waals surface area contributed by atoms with Crippen molar-refractivity contribution in [2.24, 2.45) is 0 Å². The molecule has 0 radical (unpaired) electrons. The number of benzene rings is 1. The molecule has 1 aliphatic rings. The number of hydrazine groups is 1. The highest BCUT2D eigenvalue weighted by Crippen LogP contribution is 2.28. The first-order chi connectivity index (χ1) is 13.0. The molecule has 27 heavy (non-hydrogen) atoms. The van der Waals surface area contributed by atoms with Crippen molar-refractivity contribution in [2.75, 3.05) is 13.1 Å². The van der Waals surface area contributed by atoms with E-state index in [1.54, 1.807) is 24.3 Å². The summed E-state index contributed by atoms with van der Waals surface area (Å²) in [5.41, 5.74) is 5.27. The number of hydrogen-bond donors (Lipinski definition) is 2. The van der Waals surface area contributed by atoms with E-state index in [1.807, 2.05) is 6.07 Å². The van der Waals surface area contributed by atoms with Gasteiger partial charge in [0.25, 0.3) is 5.91 Å². The first-order valence-electron chi connectivity index (χ1n) is 8.76. The fourth-order valence-electron chi connectivity index (χ4n) is 2.87. The van der Waals surface area contributed by atoms with Crippen LogP contribution in [0, 0.1) is 0 Å². The van der Waals surface area contributed by atoms with Crippen molar-refractivity contribution in [1.82, 2.24) is 15.8 Å². The molecular weight excluding hydrogens is 370 g/mol. The summed E-state index contributed by atoms with van der Waals surface area (Å²) in [4.78, 5) is 37.6. The molecule has 2 aromatic rings. The minimum Gasteiger partial charge on any atom is -0.451 e. The second-order valence-corrected chi connectivity index (χ2v) is 6.68. The molecule has 1 aliphatic heterocycles. The summed E-state index contributed by atoms with van der Waals surface area (Å²) >= 11 is 6.12. The molecule has 0 bridgehead atoms. The van der Waals surface area contributed by atoms with Gasteiger partial charge < -0.3 is 9.32 Å². The predicted molar refractivity (Wildman–Crippen MR) is 99.8 cm³/mol. The lowest BCUT2D eigenvalue weighted by atomic mass is 10.2. The summed E-state index contributed by atoms with van der Waals surface area (Å²) in [5.74, 6) is -0.604. The van der Waals surface area contributed by atoms with E-state index in [9.17, 15) is 14.4 Å². The minimum absolute atomic E-state index is 0.0376. The Hall–Kier alpha value is -2.80. The number of carbonyl (C=O) groups excluding carboxylic acids is 3. The molecule has 0 spiro atoms. The third kappa shape index (κ3) is 4.89. The second kappa shape index (κ2) is 8.73. The summed E-state index contributed by atoms with van der Waals surface area (Å²) in [6.45, 7) is 0.474. The third-order valence-electron chi connectivity index (χ3n) is 4.29. The highest BCUT2D eigenvalue weighted by molar-refractivity contribution is 6.33. The Morgan fingerprint density at radius 2 is 1.89 bits per heavy atom. The van der Waals surface area contributed by atoms with E-state index in [0.29, 0.717) is 29.3 Å². The van der Waals surface area contributed by atoms with Gasteiger partial charge in [-0.2, -0.15) is 0 Å². The molecule has 7 nitrogen and oxygen atoms in total. The van der Waals surface area contributed by atoms with E-state index in [-0.39, 0.29) is 18.2 Å². The van der Waals surface area contributed by atoms with Crippen LogP contribution >= 0.6 is 11.6 Å². The van der Waals surface area contributed by atoms with Crippen molar-refractivity contribution < 1.29 is 18.8 Å². The van der Waals surface area contributed by atoms with Gasteiger partial charge in [-0.1, -0.05) is 30.2 Å². The second-order valence-electron chi connectivity index (χ2n) is 6.27. The van der Waals surface area contributed by atoms with E-state index >= 15 is 0 Å². The Kier molecular flexibility index (Phi) is 6.13. The largest absolute Gasteiger partial charge is 0.451 e. The van der Waals surface area contributed by atoms with Gasteiger partial charge in [-0.15, -0.1) is 0 Å². The van der Waals surface area contributed by atoms with Gasteiger partial charge in [0.2, 0.25) is 5.91 Å². The van der Waals surface area contributed by atoms with Gasteiger partial charge in [0.15, 0.2) is 5.76 Å². The van der Waals surface area contributed by atoms with Crippen LogP contribution in [0.15, 0.2) is 40.8 Å². The summed E-state index contributed by atoms with van der Waals surface area (Å²) in [7, 11) is 0. The molecular formula is C19H20ClN3O4. The van der Waals surface area contributed by atoms with Crippen molar-refractivity contribution in [3.8, 4) is 11.3 Å². The molecule has 1 saturated heterocycles. The first-order valence-corrected chi connectivity index (χ1v) is 9.14. The Bertz CT molecular complexity index is 849. The third-order valence-corrected chi connectivity index (χ3v) is 4.62. The smallest absolute Gasteiger partial charge is 0.305 e. The van der Waals surface area contributed by atoms with Crippen LogP contribution in [-0.2, 0) is 9.59 Å². The number of nitrogens with one attached hydrogen (secondary N) is 2. The van der Waals surface area contributed by atoms with Gasteiger partial charge in [-0.05, 0) is 37.1 Å². The molecule has 0 aliphatic carbocycles. The maximum atomic E-state index is 12.2. The zero-order valence-corrected chi connectivity index (χ0v) is 15.4. The van der Waals surface area contributed by atoms with E-state index in [2.05, 4.69) is 10.9 Å². The van der Waals surface area contributed by atoms with Crippen molar-refractivity contribution in [2.45, 2.75) is 25.7 Å². The van der Waals surface area contributed by atoms with E-state index in [4.69, 9.17) is 16.0 Å². The van der Waals surface area contributed by atoms with Crippen LogP contribution in [0.5, 0.6) is 0 Å². The zero-order valence-electron chi connectivity index (χ0n) is 14.7. The normalized spacial score (nSPS) is 14.6. The average molecular weight is 390 g/mol. The van der Waals surface area contributed by atoms with Crippen LogP contribution in [0.2, 0.25) is 5.02 Å². The summed E-state index contributed by atoms with van der Waals surface area (Å²) < 4.78 is 5.52. The van der Waals surface area contributed by atoms with Gasteiger partial charge in [-0.25, -0.2) is 0 Å². The van der Waals surface area contributed by atoms with Crippen molar-refractivity contribution in [1.29, 1.82) is 0 Å². The number of nitrogens with zero attached hydrogens (tertiary/aromatic N) is 1. The lowest BCUT2D eigenvalue weighted by Gasteiger charge is -2.19. The molecule has 2 N–H and O–H groups in total. The molecule has 1 aromatic carbocycles. The van der Waals surface area contributed by atoms with Gasteiger partial charge in [-0.3, -0.25) is 25.2 Å². The number of rotatable bonds is 4. The highest BCUT2D eigenvalue weighted by atomic mass is 35.5. The molecule has 142 valence electrons. The zero-order chi connectivity index (χ0) is 19.2. The van der Waals surface area contributed by atoms with E-state index in [0.717, 1.165) is 19.3 Å². The fraction of sp³-hybridized carbons (Fsp3) is 0.316. The number of halogens is 1. The molecule has 0 unspecified atom stereocenters. The Morgan fingerprint density at radius 1 is 1.07 bits per heavy atom. The van der Waals surface area contributed by atoms with E-state index < -0.39 is 11.8 Å². The van der Waals surface area contributed by atoms with Gasteiger partial charge in [0.05, 0.1) is 5.02 Å². The number of hydrogen-bond acceptors (Lipinski definition) is 4. The number of amides is 3. The first kappa shape index (κ1) is 19.0. The van der Waals surface area contributed by atoms with Crippen LogP contribution in [0.1, 0.15) is 36.2 Å². The van der Waals surface area contributed by atoms with Crippen LogP contribution < -0.4 is 10.9 Å². The Morgan fingerprint density at radius 3 is 2.70 bits per heavy atom. The average Bonchev–Trinajstić information content (AvgIpc) is 3.06. The highest BCUT2D eigenvalue weighted by Gasteiger charge is 2.20. The van der Waals surface area contributed by atoms with Crippen molar-refractivity contribution >= 4 is 29.3 Å². The molecule has 3 amide bonds. The van der Waals surface area contributed by atoms with Gasteiger partial charge >= 0.3 is 5.91 Å². The molecule has 1 fully saturated rings. The summed E-state index contributed by atoms with van der Waals surface area (Å²) in [6.07, 6.45) is 3.16. The minimum atomic E-state index is -0.594. The van der Waals surface area contributed by atoms with Crippen molar-refractivity contribution in [3.63, 3.8) is 0 Å². The monoisotopic (exact) mass is 389 g/mol. The molecule has 0 atom stereocenters. The lowest BCUT2D eigenvalue weighted by Crippen LogP contribution is -2.47. The van der Waals surface area contributed by atoms with Crippen LogP contribution in [0.4, 0.5) is 0 Å². The molecule has 3 rings (SSSR count). The molecule has 0 saturated carbocycles.